The Kier molecular flexibility index (Phi) is 5.18. The van der Waals surface area contributed by atoms with E-state index in [4.69, 9.17) is 4.74 Å². The molecule has 6 nitrogen and oxygen atoms in total. The highest BCUT2D eigenvalue weighted by atomic mass is 16.5. The highest BCUT2D eigenvalue weighted by molar-refractivity contribution is 5.96. The lowest BCUT2D eigenvalue weighted by Gasteiger charge is -2.26. The lowest BCUT2D eigenvalue weighted by Crippen LogP contribution is -2.41. The number of hydrogen-bond acceptors (Lipinski definition) is 4. The van der Waals surface area contributed by atoms with Gasteiger partial charge in [-0.2, -0.15) is 0 Å². The van der Waals surface area contributed by atoms with Gasteiger partial charge in [0.1, 0.15) is 11.4 Å². The van der Waals surface area contributed by atoms with Gasteiger partial charge < -0.3 is 15.0 Å². The summed E-state index contributed by atoms with van der Waals surface area (Å²) in [7, 11) is 0. The van der Waals surface area contributed by atoms with E-state index in [9.17, 15) is 9.59 Å². The maximum Gasteiger partial charge on any atom is 0.272 e. The standard InChI is InChI=1S/C18H19N3O3/c22-17(19-13-14-5-2-1-3-6-14)15-7-4-8-16(20-15)18(23)21-9-11-24-12-10-21/h1-8H,9-13H2,(H,19,22). The molecule has 0 atom stereocenters. The summed E-state index contributed by atoms with van der Waals surface area (Å²) in [5.74, 6) is -0.466. The van der Waals surface area contributed by atoms with E-state index in [1.54, 1.807) is 23.1 Å². The summed E-state index contributed by atoms with van der Waals surface area (Å²) in [6, 6.07) is 14.6. The number of ether oxygens (including phenoxy) is 1. The molecule has 1 aliphatic rings. The van der Waals surface area contributed by atoms with Crippen molar-refractivity contribution in [1.29, 1.82) is 0 Å². The summed E-state index contributed by atoms with van der Waals surface area (Å²) < 4.78 is 5.24. The van der Waals surface area contributed by atoms with E-state index < -0.39 is 0 Å². The van der Waals surface area contributed by atoms with Crippen LogP contribution in [0, 0.1) is 0 Å². The van der Waals surface area contributed by atoms with Crippen LogP contribution in [0.4, 0.5) is 0 Å². The molecule has 2 heterocycles. The van der Waals surface area contributed by atoms with E-state index in [1.807, 2.05) is 30.3 Å². The van der Waals surface area contributed by atoms with Crippen molar-refractivity contribution in [3.8, 4) is 0 Å². The third-order valence-electron chi connectivity index (χ3n) is 3.80. The summed E-state index contributed by atoms with van der Waals surface area (Å²) in [5, 5.41) is 2.81. The number of nitrogens with one attached hydrogen (secondary N) is 1. The summed E-state index contributed by atoms with van der Waals surface area (Å²) in [6.07, 6.45) is 0. The molecule has 0 radical (unpaired) electrons. The third-order valence-corrected chi connectivity index (χ3v) is 3.80. The third kappa shape index (κ3) is 3.97. The van der Waals surface area contributed by atoms with Crippen LogP contribution in [0.25, 0.3) is 0 Å². The Morgan fingerprint density at radius 3 is 2.46 bits per heavy atom. The normalized spacial score (nSPS) is 14.2. The van der Waals surface area contributed by atoms with Gasteiger partial charge >= 0.3 is 0 Å². The van der Waals surface area contributed by atoms with E-state index in [0.29, 0.717) is 32.8 Å². The molecule has 2 amide bonds. The molecule has 1 N–H and O–H groups in total. The van der Waals surface area contributed by atoms with E-state index in [1.165, 1.54) is 0 Å². The number of hydrogen-bond donors (Lipinski definition) is 1. The van der Waals surface area contributed by atoms with Gasteiger partial charge in [-0.1, -0.05) is 36.4 Å². The lowest BCUT2D eigenvalue weighted by atomic mass is 10.2. The van der Waals surface area contributed by atoms with E-state index in [-0.39, 0.29) is 23.2 Å². The van der Waals surface area contributed by atoms with Crippen LogP contribution in [-0.2, 0) is 11.3 Å². The van der Waals surface area contributed by atoms with Crippen LogP contribution in [0.3, 0.4) is 0 Å². The largest absolute Gasteiger partial charge is 0.378 e. The highest BCUT2D eigenvalue weighted by Crippen LogP contribution is 2.07. The highest BCUT2D eigenvalue weighted by Gasteiger charge is 2.20. The Hall–Kier alpha value is -2.73. The lowest BCUT2D eigenvalue weighted by molar-refractivity contribution is 0.0299. The number of carbonyl (C=O) groups excluding carboxylic acids is 2. The van der Waals surface area contributed by atoms with E-state index in [2.05, 4.69) is 10.3 Å². The molecule has 1 fully saturated rings. The predicted molar refractivity (Wildman–Crippen MR) is 88.6 cm³/mol. The minimum atomic E-state index is -0.296. The second-order valence-electron chi connectivity index (χ2n) is 5.48. The van der Waals surface area contributed by atoms with Gasteiger partial charge in [0, 0.05) is 19.6 Å². The number of carbonyl (C=O) groups is 2. The van der Waals surface area contributed by atoms with Crippen LogP contribution >= 0.6 is 0 Å². The summed E-state index contributed by atoms with van der Waals surface area (Å²) in [4.78, 5) is 30.6. The Bertz CT molecular complexity index is 712. The Labute approximate surface area is 140 Å². The van der Waals surface area contributed by atoms with Gasteiger partial charge in [0.25, 0.3) is 11.8 Å². The van der Waals surface area contributed by atoms with Crippen molar-refractivity contribution in [2.45, 2.75) is 6.54 Å². The fourth-order valence-electron chi connectivity index (χ4n) is 2.48. The number of morpholine rings is 1. The molecular formula is C18H19N3O3. The number of pyridine rings is 1. The van der Waals surface area contributed by atoms with Gasteiger partial charge in [-0.3, -0.25) is 9.59 Å². The van der Waals surface area contributed by atoms with E-state index >= 15 is 0 Å². The molecule has 1 aromatic carbocycles. The maximum absolute atomic E-state index is 12.4. The first-order valence-corrected chi connectivity index (χ1v) is 7.90. The van der Waals surface area contributed by atoms with Gasteiger partial charge in [-0.15, -0.1) is 0 Å². The van der Waals surface area contributed by atoms with Crippen LogP contribution in [0.5, 0.6) is 0 Å². The zero-order chi connectivity index (χ0) is 16.8. The molecule has 3 rings (SSSR count). The minimum Gasteiger partial charge on any atom is -0.378 e. The molecule has 0 aliphatic carbocycles. The zero-order valence-electron chi connectivity index (χ0n) is 13.3. The van der Waals surface area contributed by atoms with Gasteiger partial charge in [-0.05, 0) is 17.7 Å². The number of aromatic nitrogens is 1. The molecule has 0 spiro atoms. The zero-order valence-corrected chi connectivity index (χ0v) is 13.3. The van der Waals surface area contributed by atoms with Crippen LogP contribution in [0.2, 0.25) is 0 Å². The SMILES string of the molecule is O=C(NCc1ccccc1)c1cccc(C(=O)N2CCOCC2)n1. The Morgan fingerprint density at radius 1 is 1.00 bits per heavy atom. The smallest absolute Gasteiger partial charge is 0.272 e. The number of nitrogens with zero attached hydrogens (tertiary/aromatic N) is 2. The molecule has 124 valence electrons. The molecule has 2 aromatic rings. The molecule has 1 aliphatic heterocycles. The number of amides is 2. The molecule has 0 saturated carbocycles. The first-order valence-electron chi connectivity index (χ1n) is 7.90. The Balaban J connectivity index is 1.65. The molecule has 6 heteroatoms. The van der Waals surface area contributed by atoms with Gasteiger partial charge in [-0.25, -0.2) is 4.98 Å². The van der Waals surface area contributed by atoms with Crippen LogP contribution < -0.4 is 5.32 Å². The average Bonchev–Trinajstić information content (AvgIpc) is 2.67. The number of benzene rings is 1. The van der Waals surface area contributed by atoms with Crippen molar-refractivity contribution >= 4 is 11.8 Å². The fraction of sp³-hybridized carbons (Fsp3) is 0.278. The molecule has 0 unspecified atom stereocenters. The predicted octanol–water partition coefficient (Wildman–Crippen LogP) is 1.48. The van der Waals surface area contributed by atoms with Gasteiger partial charge in [0.2, 0.25) is 0 Å². The summed E-state index contributed by atoms with van der Waals surface area (Å²) in [6.45, 7) is 2.57. The van der Waals surface area contributed by atoms with Crippen molar-refractivity contribution in [3.05, 3.63) is 65.5 Å². The topological polar surface area (TPSA) is 71.5 Å². The quantitative estimate of drug-likeness (QED) is 0.924. The van der Waals surface area contributed by atoms with Gasteiger partial charge in [0.15, 0.2) is 0 Å². The van der Waals surface area contributed by atoms with Crippen LogP contribution in [0.1, 0.15) is 26.5 Å². The molecule has 1 aromatic heterocycles. The molecular weight excluding hydrogens is 306 g/mol. The second-order valence-corrected chi connectivity index (χ2v) is 5.48. The average molecular weight is 325 g/mol. The fourth-order valence-corrected chi connectivity index (χ4v) is 2.48. The monoisotopic (exact) mass is 325 g/mol. The number of rotatable bonds is 4. The second kappa shape index (κ2) is 7.70. The molecule has 24 heavy (non-hydrogen) atoms. The van der Waals surface area contributed by atoms with Crippen molar-refractivity contribution in [2.24, 2.45) is 0 Å². The minimum absolute atomic E-state index is 0.170. The first kappa shape index (κ1) is 16.1. The first-order chi connectivity index (χ1) is 11.7. The van der Waals surface area contributed by atoms with Crippen molar-refractivity contribution in [1.82, 2.24) is 15.2 Å². The van der Waals surface area contributed by atoms with Crippen molar-refractivity contribution in [3.63, 3.8) is 0 Å². The van der Waals surface area contributed by atoms with Crippen molar-refractivity contribution < 1.29 is 14.3 Å². The molecule has 1 saturated heterocycles. The summed E-state index contributed by atoms with van der Waals surface area (Å²) in [5.41, 5.74) is 1.53. The van der Waals surface area contributed by atoms with Gasteiger partial charge in [0.05, 0.1) is 13.2 Å². The van der Waals surface area contributed by atoms with Crippen LogP contribution in [0.15, 0.2) is 48.5 Å². The van der Waals surface area contributed by atoms with Crippen LogP contribution in [-0.4, -0.2) is 48.0 Å². The Morgan fingerprint density at radius 2 is 1.71 bits per heavy atom. The molecule has 0 bridgehead atoms. The van der Waals surface area contributed by atoms with Crippen molar-refractivity contribution in [2.75, 3.05) is 26.3 Å². The maximum atomic E-state index is 12.4. The summed E-state index contributed by atoms with van der Waals surface area (Å²) >= 11 is 0. The van der Waals surface area contributed by atoms with E-state index in [0.717, 1.165) is 5.56 Å².